The molecule has 0 saturated heterocycles. The van der Waals surface area contributed by atoms with Gasteiger partial charge in [-0.25, -0.2) is 14.4 Å². The fourth-order valence-electron chi connectivity index (χ4n) is 6.25. The van der Waals surface area contributed by atoms with Gasteiger partial charge < -0.3 is 15.4 Å². The zero-order chi connectivity index (χ0) is 28.7. The van der Waals surface area contributed by atoms with Crippen LogP contribution in [-0.2, 0) is 23.3 Å². The molecular weight excluding hydrogens is 521 g/mol. The van der Waals surface area contributed by atoms with E-state index in [9.17, 15) is 19.1 Å². The van der Waals surface area contributed by atoms with Gasteiger partial charge in [0.2, 0.25) is 5.75 Å². The summed E-state index contributed by atoms with van der Waals surface area (Å²) in [6.45, 7) is 4.26. The van der Waals surface area contributed by atoms with Crippen LogP contribution in [-0.4, -0.2) is 30.5 Å². The van der Waals surface area contributed by atoms with Crippen LogP contribution < -0.4 is 10.9 Å². The zero-order valence-corrected chi connectivity index (χ0v) is 23.3. The Kier molecular flexibility index (Phi) is 6.97. The van der Waals surface area contributed by atoms with Crippen molar-refractivity contribution in [1.82, 2.24) is 24.8 Å². The van der Waals surface area contributed by atoms with Gasteiger partial charge in [0.1, 0.15) is 11.6 Å². The van der Waals surface area contributed by atoms with Gasteiger partial charge in [0, 0.05) is 30.4 Å². The SMILES string of the molecule is CCC1=CC=CC(C(=O)NC23CCC(CC2)Cn2c3nc(-c3ncc(Cc4ccc(F)c(C)c4)[nH]3)c(O)c2=O)=CC1. The summed E-state index contributed by atoms with van der Waals surface area (Å²) in [7, 11) is 0. The third-order valence-electron chi connectivity index (χ3n) is 8.70. The van der Waals surface area contributed by atoms with E-state index in [1.54, 1.807) is 29.8 Å². The first kappa shape index (κ1) is 26.9. The topological polar surface area (TPSA) is 113 Å². The first-order valence-corrected chi connectivity index (χ1v) is 14.3. The normalized spacial score (nSPS) is 21.5. The Balaban J connectivity index is 1.35. The monoisotopic (exact) mass is 555 g/mol. The van der Waals surface area contributed by atoms with Crippen molar-refractivity contribution in [2.24, 2.45) is 5.92 Å². The number of aryl methyl sites for hydroxylation is 1. The lowest BCUT2D eigenvalue weighted by molar-refractivity contribution is -0.119. The second-order valence-electron chi connectivity index (χ2n) is 11.4. The highest BCUT2D eigenvalue weighted by Gasteiger charge is 2.46. The first-order chi connectivity index (χ1) is 19.8. The van der Waals surface area contributed by atoms with Crippen LogP contribution in [0.25, 0.3) is 11.5 Å². The average Bonchev–Trinajstić information content (AvgIpc) is 3.13. The maximum Gasteiger partial charge on any atom is 0.296 e. The highest BCUT2D eigenvalue weighted by atomic mass is 19.1. The number of aromatic nitrogens is 4. The second-order valence-corrected chi connectivity index (χ2v) is 11.4. The lowest BCUT2D eigenvalue weighted by Crippen LogP contribution is -2.49. The number of hydrogen-bond donors (Lipinski definition) is 3. The lowest BCUT2D eigenvalue weighted by Gasteiger charge is -2.37. The van der Waals surface area contributed by atoms with Gasteiger partial charge in [-0.05, 0) is 74.6 Å². The predicted molar refractivity (Wildman–Crippen MR) is 154 cm³/mol. The van der Waals surface area contributed by atoms with Crippen molar-refractivity contribution in [3.8, 4) is 17.3 Å². The molecule has 0 radical (unpaired) electrons. The minimum atomic E-state index is -0.839. The van der Waals surface area contributed by atoms with E-state index in [1.165, 1.54) is 11.6 Å². The van der Waals surface area contributed by atoms with Gasteiger partial charge in [-0.1, -0.05) is 42.9 Å². The summed E-state index contributed by atoms with van der Waals surface area (Å²) in [5.41, 5.74) is 2.72. The van der Waals surface area contributed by atoms with Crippen LogP contribution in [0.2, 0.25) is 0 Å². The summed E-state index contributed by atoms with van der Waals surface area (Å²) in [4.78, 5) is 39.6. The number of fused-ring (bicyclic) bond motifs is 2. The van der Waals surface area contributed by atoms with Gasteiger partial charge in [-0.15, -0.1) is 0 Å². The van der Waals surface area contributed by atoms with Gasteiger partial charge >= 0.3 is 0 Å². The molecule has 3 N–H and O–H groups in total. The van der Waals surface area contributed by atoms with Crippen molar-refractivity contribution < 1.29 is 14.3 Å². The molecule has 4 aliphatic rings. The minimum Gasteiger partial charge on any atom is -0.501 e. The third-order valence-corrected chi connectivity index (χ3v) is 8.70. The van der Waals surface area contributed by atoms with Crippen molar-refractivity contribution >= 4 is 5.91 Å². The summed E-state index contributed by atoms with van der Waals surface area (Å²) in [6.07, 6.45) is 14.5. The number of imidazole rings is 1. The van der Waals surface area contributed by atoms with Crippen LogP contribution in [0.15, 0.2) is 64.6 Å². The van der Waals surface area contributed by atoms with Crippen LogP contribution in [0.4, 0.5) is 4.39 Å². The van der Waals surface area contributed by atoms with Crippen LogP contribution in [0, 0.1) is 18.7 Å². The Morgan fingerprint density at radius 3 is 2.85 bits per heavy atom. The molecule has 3 aromatic rings. The van der Waals surface area contributed by atoms with Crippen molar-refractivity contribution in [2.75, 3.05) is 0 Å². The number of nitrogens with zero attached hydrogens (tertiary/aromatic N) is 3. The smallest absolute Gasteiger partial charge is 0.296 e. The van der Waals surface area contributed by atoms with Gasteiger partial charge in [-0.3, -0.25) is 14.2 Å². The maximum atomic E-state index is 13.7. The minimum absolute atomic E-state index is 0.0622. The number of rotatable bonds is 6. The first-order valence-electron chi connectivity index (χ1n) is 14.3. The molecule has 0 unspecified atom stereocenters. The summed E-state index contributed by atoms with van der Waals surface area (Å²) >= 11 is 0. The molecule has 1 fully saturated rings. The van der Waals surface area contributed by atoms with E-state index >= 15 is 0 Å². The number of halogens is 1. The maximum absolute atomic E-state index is 13.7. The Morgan fingerprint density at radius 2 is 2.10 bits per heavy atom. The third kappa shape index (κ3) is 5.05. The predicted octanol–water partition coefficient (Wildman–Crippen LogP) is 5.12. The molecule has 4 heterocycles. The Morgan fingerprint density at radius 1 is 1.29 bits per heavy atom. The quantitative estimate of drug-likeness (QED) is 0.391. The number of H-pyrrole nitrogens is 1. The number of carbonyl (C=O) groups excluding carboxylic acids is 1. The zero-order valence-electron chi connectivity index (χ0n) is 23.3. The van der Waals surface area contributed by atoms with Crippen molar-refractivity contribution in [1.29, 1.82) is 0 Å². The molecule has 1 amide bonds. The van der Waals surface area contributed by atoms with Crippen LogP contribution in [0.3, 0.4) is 0 Å². The van der Waals surface area contributed by atoms with E-state index in [4.69, 9.17) is 4.98 Å². The van der Waals surface area contributed by atoms with Crippen molar-refractivity contribution in [3.05, 3.63) is 98.7 Å². The van der Waals surface area contributed by atoms with E-state index in [1.807, 2.05) is 24.3 Å². The van der Waals surface area contributed by atoms with E-state index in [0.29, 0.717) is 49.2 Å². The molecule has 2 bridgehead atoms. The Bertz CT molecular complexity index is 1670. The summed E-state index contributed by atoms with van der Waals surface area (Å²) in [6, 6.07) is 4.93. The number of aromatic hydroxyl groups is 1. The fraction of sp³-hybridized carbons (Fsp3) is 0.375. The number of nitrogens with one attached hydrogen (secondary N) is 2. The molecule has 1 saturated carbocycles. The number of allylic oxidation sites excluding steroid dienone is 4. The van der Waals surface area contributed by atoms with Gasteiger partial charge in [0.25, 0.3) is 11.5 Å². The number of amides is 1. The second kappa shape index (κ2) is 10.6. The van der Waals surface area contributed by atoms with Crippen molar-refractivity contribution in [2.45, 2.75) is 70.9 Å². The van der Waals surface area contributed by atoms with Gasteiger partial charge in [0.15, 0.2) is 11.5 Å². The van der Waals surface area contributed by atoms with Crippen LogP contribution >= 0.6 is 0 Å². The highest BCUT2D eigenvalue weighted by molar-refractivity contribution is 5.97. The number of carbonyl (C=O) groups is 1. The van der Waals surface area contributed by atoms with E-state index in [-0.39, 0.29) is 29.2 Å². The summed E-state index contributed by atoms with van der Waals surface area (Å²) in [5, 5.41) is 14.3. The molecule has 0 spiro atoms. The Labute approximate surface area is 237 Å². The number of benzene rings is 1. The van der Waals surface area contributed by atoms with E-state index < -0.39 is 16.8 Å². The number of aromatic amines is 1. The summed E-state index contributed by atoms with van der Waals surface area (Å²) < 4.78 is 15.3. The van der Waals surface area contributed by atoms with Crippen LogP contribution in [0.5, 0.6) is 5.75 Å². The average molecular weight is 556 g/mol. The van der Waals surface area contributed by atoms with E-state index in [0.717, 1.165) is 30.5 Å². The largest absolute Gasteiger partial charge is 0.501 e. The summed E-state index contributed by atoms with van der Waals surface area (Å²) in [5.74, 6) is 0.0718. The Hall–Kier alpha value is -4.27. The molecule has 41 heavy (non-hydrogen) atoms. The van der Waals surface area contributed by atoms with Crippen LogP contribution in [0.1, 0.15) is 68.1 Å². The molecular formula is C32H34FN5O3. The molecule has 0 atom stereocenters. The van der Waals surface area contributed by atoms with Gasteiger partial charge in [-0.2, -0.15) is 0 Å². The molecule has 1 aromatic carbocycles. The van der Waals surface area contributed by atoms with Crippen molar-refractivity contribution in [3.63, 3.8) is 0 Å². The van der Waals surface area contributed by atoms with E-state index in [2.05, 4.69) is 22.2 Å². The number of hydrogen-bond acceptors (Lipinski definition) is 5. The molecule has 212 valence electrons. The molecule has 8 nitrogen and oxygen atoms in total. The lowest BCUT2D eigenvalue weighted by atomic mass is 9.77. The highest BCUT2D eigenvalue weighted by Crippen LogP contribution is 2.43. The molecule has 9 heteroatoms. The molecule has 2 aliphatic carbocycles. The molecule has 2 aliphatic heterocycles. The fourth-order valence-corrected chi connectivity index (χ4v) is 6.25. The molecule has 2 aromatic heterocycles. The standard InChI is InChI=1S/C32H34FN5O3/c1-3-20-5-4-6-23(9-7-20)29(40)37-32-13-11-21(12-14-32)18-38-30(41)27(39)26(36-31(32)38)28-34-17-24(35-28)16-22-8-10-25(33)19(2)15-22/h4-6,8-10,15,17,21,39H,3,7,11-14,16,18H2,1-2H3,(H,34,35)(H,37,40). The van der Waals surface area contributed by atoms with Gasteiger partial charge in [0.05, 0.1) is 5.54 Å². The molecule has 7 rings (SSSR count).